The highest BCUT2D eigenvalue weighted by Crippen LogP contribution is 2.29. The molecule has 1 atom stereocenters. The number of carbonyl (C=O) groups is 2. The van der Waals surface area contributed by atoms with Crippen LogP contribution in [0.25, 0.3) is 0 Å². The molecule has 0 aliphatic rings. The Morgan fingerprint density at radius 1 is 1.21 bits per heavy atom. The number of amides is 1. The monoisotopic (exact) mass is 273 g/mol. The number of ketones is 1. The van der Waals surface area contributed by atoms with Gasteiger partial charge in [0, 0.05) is 12.0 Å². The van der Waals surface area contributed by atoms with Gasteiger partial charge < -0.3 is 5.32 Å². The molecule has 6 heteroatoms. The lowest BCUT2D eigenvalue weighted by Gasteiger charge is -2.12. The van der Waals surface area contributed by atoms with Crippen LogP contribution in [0.1, 0.15) is 36.2 Å². The van der Waals surface area contributed by atoms with Crippen LogP contribution in [0.2, 0.25) is 0 Å². The van der Waals surface area contributed by atoms with Gasteiger partial charge in [-0.25, -0.2) is 0 Å². The summed E-state index contributed by atoms with van der Waals surface area (Å²) < 4.78 is 37.0. The predicted octanol–water partition coefficient (Wildman–Crippen LogP) is 2.80. The van der Waals surface area contributed by atoms with E-state index in [1.807, 2.05) is 0 Å². The van der Waals surface area contributed by atoms with Crippen molar-refractivity contribution >= 4 is 11.7 Å². The number of nitrogens with one attached hydrogen (secondary N) is 1. The molecule has 19 heavy (non-hydrogen) atoms. The molecular formula is C13H14F3NO2. The van der Waals surface area contributed by atoms with Gasteiger partial charge in [-0.05, 0) is 31.2 Å². The first kappa shape index (κ1) is 15.2. The highest BCUT2D eigenvalue weighted by Gasteiger charge is 2.30. The average molecular weight is 273 g/mol. The fraction of sp³-hybridized carbons (Fsp3) is 0.385. The molecule has 1 unspecified atom stereocenters. The van der Waals surface area contributed by atoms with Crippen LogP contribution >= 0.6 is 0 Å². The Bertz CT molecular complexity index is 466. The highest BCUT2D eigenvalue weighted by molar-refractivity contribution is 5.97. The lowest BCUT2D eigenvalue weighted by atomic mass is 10.1. The SMILES string of the molecule is CCC(=O)C(C)NC(=O)c1ccc(C(F)(F)F)cc1. The summed E-state index contributed by atoms with van der Waals surface area (Å²) in [4.78, 5) is 23.0. The Labute approximate surface area is 108 Å². The van der Waals surface area contributed by atoms with Gasteiger partial charge in [0.25, 0.3) is 5.91 Å². The van der Waals surface area contributed by atoms with E-state index < -0.39 is 23.7 Å². The predicted molar refractivity (Wildman–Crippen MR) is 63.7 cm³/mol. The molecule has 1 amide bonds. The first-order valence-electron chi connectivity index (χ1n) is 5.76. The highest BCUT2D eigenvalue weighted by atomic mass is 19.4. The number of halogens is 3. The fourth-order valence-corrected chi connectivity index (χ4v) is 1.48. The number of hydrogen-bond acceptors (Lipinski definition) is 2. The lowest BCUT2D eigenvalue weighted by molar-refractivity contribution is -0.137. The summed E-state index contributed by atoms with van der Waals surface area (Å²) in [5.41, 5.74) is -0.731. The second kappa shape index (κ2) is 5.86. The summed E-state index contributed by atoms with van der Waals surface area (Å²) >= 11 is 0. The Morgan fingerprint density at radius 3 is 2.16 bits per heavy atom. The van der Waals surface area contributed by atoms with Gasteiger partial charge in [-0.2, -0.15) is 13.2 Å². The van der Waals surface area contributed by atoms with Crippen molar-refractivity contribution in [3.63, 3.8) is 0 Å². The number of hydrogen-bond donors (Lipinski definition) is 1. The molecule has 0 aromatic heterocycles. The van der Waals surface area contributed by atoms with Crippen molar-refractivity contribution in [1.29, 1.82) is 0 Å². The molecule has 104 valence electrons. The minimum Gasteiger partial charge on any atom is -0.343 e. The van der Waals surface area contributed by atoms with Crippen LogP contribution in [0.15, 0.2) is 24.3 Å². The summed E-state index contributed by atoms with van der Waals surface area (Å²) in [6.07, 6.45) is -4.14. The third-order valence-electron chi connectivity index (χ3n) is 2.65. The quantitative estimate of drug-likeness (QED) is 0.916. The van der Waals surface area contributed by atoms with E-state index in [1.54, 1.807) is 6.92 Å². The lowest BCUT2D eigenvalue weighted by Crippen LogP contribution is -2.38. The smallest absolute Gasteiger partial charge is 0.343 e. The fourth-order valence-electron chi connectivity index (χ4n) is 1.48. The van der Waals surface area contributed by atoms with Crippen LogP contribution in [0.3, 0.4) is 0 Å². The third kappa shape index (κ3) is 4.08. The number of alkyl halides is 3. The molecule has 1 aromatic rings. The van der Waals surface area contributed by atoms with Gasteiger partial charge in [-0.3, -0.25) is 9.59 Å². The molecule has 0 fully saturated rings. The first-order valence-corrected chi connectivity index (χ1v) is 5.76. The van der Waals surface area contributed by atoms with Crippen molar-refractivity contribution in [3.05, 3.63) is 35.4 Å². The number of carbonyl (C=O) groups excluding carboxylic acids is 2. The summed E-state index contributed by atoms with van der Waals surface area (Å²) in [6, 6.07) is 3.19. The summed E-state index contributed by atoms with van der Waals surface area (Å²) in [5.74, 6) is -0.705. The second-order valence-electron chi connectivity index (χ2n) is 4.09. The molecule has 0 aliphatic carbocycles. The molecule has 0 spiro atoms. The van der Waals surface area contributed by atoms with E-state index in [0.717, 1.165) is 24.3 Å². The van der Waals surface area contributed by atoms with E-state index in [-0.39, 0.29) is 17.8 Å². The van der Waals surface area contributed by atoms with E-state index >= 15 is 0 Å². The molecule has 3 nitrogen and oxygen atoms in total. The van der Waals surface area contributed by atoms with Crippen LogP contribution < -0.4 is 5.32 Å². The Hall–Kier alpha value is -1.85. The Morgan fingerprint density at radius 2 is 1.74 bits per heavy atom. The van der Waals surface area contributed by atoms with Crippen LogP contribution in [0.4, 0.5) is 13.2 Å². The second-order valence-corrected chi connectivity index (χ2v) is 4.09. The van der Waals surface area contributed by atoms with Crippen molar-refractivity contribution in [3.8, 4) is 0 Å². The van der Waals surface area contributed by atoms with Crippen molar-refractivity contribution in [2.24, 2.45) is 0 Å². The van der Waals surface area contributed by atoms with Gasteiger partial charge in [0.1, 0.15) is 0 Å². The number of benzene rings is 1. The Balaban J connectivity index is 2.76. The molecule has 1 N–H and O–H groups in total. The van der Waals surface area contributed by atoms with Crippen molar-refractivity contribution in [1.82, 2.24) is 5.32 Å². The maximum Gasteiger partial charge on any atom is 0.416 e. The maximum absolute atomic E-state index is 12.3. The topological polar surface area (TPSA) is 46.2 Å². The largest absolute Gasteiger partial charge is 0.416 e. The van der Waals surface area contributed by atoms with Crippen molar-refractivity contribution in [2.45, 2.75) is 32.5 Å². The molecule has 0 heterocycles. The van der Waals surface area contributed by atoms with Gasteiger partial charge in [-0.15, -0.1) is 0 Å². The first-order chi connectivity index (χ1) is 8.75. The van der Waals surface area contributed by atoms with Crippen LogP contribution in [-0.4, -0.2) is 17.7 Å². The molecule has 0 aliphatic heterocycles. The van der Waals surface area contributed by atoms with Gasteiger partial charge in [-0.1, -0.05) is 6.92 Å². The van der Waals surface area contributed by atoms with E-state index in [0.29, 0.717) is 0 Å². The van der Waals surface area contributed by atoms with Gasteiger partial charge in [0.2, 0.25) is 0 Å². The summed E-state index contributed by atoms with van der Waals surface area (Å²) in [5, 5.41) is 2.44. The number of Topliss-reactive ketones (excluding diaryl/α,β-unsaturated/α-hetero) is 1. The van der Waals surface area contributed by atoms with Gasteiger partial charge in [0.05, 0.1) is 11.6 Å². The van der Waals surface area contributed by atoms with Gasteiger partial charge >= 0.3 is 6.18 Å². The van der Waals surface area contributed by atoms with Crippen LogP contribution in [0, 0.1) is 0 Å². The zero-order valence-corrected chi connectivity index (χ0v) is 10.5. The van der Waals surface area contributed by atoms with Crippen molar-refractivity contribution < 1.29 is 22.8 Å². The molecule has 0 radical (unpaired) electrons. The van der Waals surface area contributed by atoms with Crippen molar-refractivity contribution in [2.75, 3.05) is 0 Å². The van der Waals surface area contributed by atoms with Crippen LogP contribution in [0.5, 0.6) is 0 Å². The average Bonchev–Trinajstić information content (AvgIpc) is 2.36. The minimum absolute atomic E-state index is 0.0868. The number of rotatable bonds is 4. The molecular weight excluding hydrogens is 259 g/mol. The van der Waals surface area contributed by atoms with Gasteiger partial charge in [0.15, 0.2) is 5.78 Å². The maximum atomic E-state index is 12.3. The summed E-state index contributed by atoms with van der Waals surface area (Å²) in [6.45, 7) is 3.21. The van der Waals surface area contributed by atoms with E-state index in [9.17, 15) is 22.8 Å². The zero-order chi connectivity index (χ0) is 14.6. The molecule has 0 saturated carbocycles. The molecule has 1 rings (SSSR count). The minimum atomic E-state index is -4.43. The third-order valence-corrected chi connectivity index (χ3v) is 2.65. The van der Waals surface area contributed by atoms with E-state index in [1.165, 1.54) is 6.92 Å². The summed E-state index contributed by atoms with van der Waals surface area (Å²) in [7, 11) is 0. The zero-order valence-electron chi connectivity index (χ0n) is 10.5. The molecule has 0 bridgehead atoms. The molecule has 0 saturated heterocycles. The van der Waals surface area contributed by atoms with Crippen LogP contribution in [-0.2, 0) is 11.0 Å². The molecule has 1 aromatic carbocycles. The normalized spacial score (nSPS) is 12.9. The van der Waals surface area contributed by atoms with E-state index in [4.69, 9.17) is 0 Å². The standard InChI is InChI=1S/C13H14F3NO2/c1-3-11(18)8(2)17-12(19)9-4-6-10(7-5-9)13(14,15)16/h4-8H,3H2,1-2H3,(H,17,19). The Kier molecular flexibility index (Phi) is 4.69. The van der Waals surface area contributed by atoms with E-state index in [2.05, 4.69) is 5.32 Å².